The molecular weight excluding hydrogens is 298 g/mol. The predicted octanol–water partition coefficient (Wildman–Crippen LogP) is 2.61. The van der Waals surface area contributed by atoms with E-state index < -0.39 is 6.10 Å². The third kappa shape index (κ3) is 5.31. The Hall–Kier alpha value is -0.170. The van der Waals surface area contributed by atoms with Gasteiger partial charge in [0.25, 0.3) is 0 Å². The first kappa shape index (κ1) is 16.2. The average Bonchev–Trinajstić information content (AvgIpc) is 3.07. The number of rotatable bonds is 8. The smallest absolute Gasteiger partial charge is 0.0931 e. The number of hydrogen-bond acceptors (Lipinski definition) is 5. The van der Waals surface area contributed by atoms with Gasteiger partial charge in [-0.1, -0.05) is 11.6 Å². The summed E-state index contributed by atoms with van der Waals surface area (Å²) in [7, 11) is 0. The SMILES string of the molecule is CC(NCC(O)COCC1CCCO1)c1ccc(Cl)s1. The van der Waals surface area contributed by atoms with Gasteiger partial charge < -0.3 is 19.9 Å². The topological polar surface area (TPSA) is 50.7 Å². The number of hydrogen-bond donors (Lipinski definition) is 2. The van der Waals surface area contributed by atoms with Crippen LogP contribution in [0.2, 0.25) is 4.34 Å². The van der Waals surface area contributed by atoms with Crippen molar-refractivity contribution in [1.82, 2.24) is 5.32 Å². The highest BCUT2D eigenvalue weighted by atomic mass is 35.5. The Labute approximate surface area is 129 Å². The second-order valence-electron chi connectivity index (χ2n) is 5.10. The van der Waals surface area contributed by atoms with Gasteiger partial charge >= 0.3 is 0 Å². The first-order valence-electron chi connectivity index (χ1n) is 7.01. The zero-order valence-corrected chi connectivity index (χ0v) is 13.3. The summed E-state index contributed by atoms with van der Waals surface area (Å²) in [6, 6.07) is 4.08. The van der Waals surface area contributed by atoms with Gasteiger partial charge in [0.1, 0.15) is 0 Å². The minimum Gasteiger partial charge on any atom is -0.389 e. The summed E-state index contributed by atoms with van der Waals surface area (Å²) in [4.78, 5) is 1.17. The van der Waals surface area contributed by atoms with Crippen molar-refractivity contribution in [1.29, 1.82) is 0 Å². The molecule has 3 atom stereocenters. The highest BCUT2D eigenvalue weighted by molar-refractivity contribution is 7.16. The van der Waals surface area contributed by atoms with Crippen molar-refractivity contribution >= 4 is 22.9 Å². The largest absolute Gasteiger partial charge is 0.389 e. The molecule has 1 fully saturated rings. The molecular formula is C14H22ClNO3S. The molecule has 0 amide bonds. The van der Waals surface area contributed by atoms with Crippen molar-refractivity contribution in [3.63, 3.8) is 0 Å². The van der Waals surface area contributed by atoms with Gasteiger partial charge in [0.05, 0.1) is 29.8 Å². The Bertz CT molecular complexity index is 396. The fourth-order valence-electron chi connectivity index (χ4n) is 2.14. The lowest BCUT2D eigenvalue weighted by molar-refractivity contribution is -0.0168. The van der Waals surface area contributed by atoms with E-state index in [-0.39, 0.29) is 12.1 Å². The average molecular weight is 320 g/mol. The second kappa shape index (κ2) is 8.32. The van der Waals surface area contributed by atoms with Gasteiger partial charge in [0.15, 0.2) is 0 Å². The van der Waals surface area contributed by atoms with Crippen LogP contribution in [0.1, 0.15) is 30.7 Å². The van der Waals surface area contributed by atoms with E-state index >= 15 is 0 Å². The van der Waals surface area contributed by atoms with Crippen LogP contribution in [0, 0.1) is 0 Å². The highest BCUT2D eigenvalue weighted by Gasteiger charge is 2.16. The van der Waals surface area contributed by atoms with Gasteiger partial charge in [-0.05, 0) is 31.9 Å². The second-order valence-corrected chi connectivity index (χ2v) is 6.84. The molecule has 3 unspecified atom stereocenters. The highest BCUT2D eigenvalue weighted by Crippen LogP contribution is 2.26. The van der Waals surface area contributed by atoms with E-state index in [0.717, 1.165) is 23.8 Å². The Morgan fingerprint density at radius 3 is 3.10 bits per heavy atom. The summed E-state index contributed by atoms with van der Waals surface area (Å²) >= 11 is 7.46. The standard InChI is InChI=1S/C14H22ClNO3S/c1-10(13-4-5-14(15)20-13)16-7-11(17)8-18-9-12-3-2-6-19-12/h4-5,10-12,16-17H,2-3,6-9H2,1H3. The third-order valence-electron chi connectivity index (χ3n) is 3.32. The minimum atomic E-state index is -0.505. The number of halogens is 1. The van der Waals surface area contributed by atoms with E-state index in [1.54, 1.807) is 11.3 Å². The van der Waals surface area contributed by atoms with Gasteiger partial charge in [0.2, 0.25) is 0 Å². The van der Waals surface area contributed by atoms with Crippen molar-refractivity contribution in [3.8, 4) is 0 Å². The Morgan fingerprint density at radius 1 is 1.60 bits per heavy atom. The van der Waals surface area contributed by atoms with Crippen LogP contribution < -0.4 is 5.32 Å². The van der Waals surface area contributed by atoms with Gasteiger partial charge in [-0.2, -0.15) is 0 Å². The lowest BCUT2D eigenvalue weighted by Crippen LogP contribution is -2.32. The molecule has 1 saturated heterocycles. The quantitative estimate of drug-likeness (QED) is 0.773. The molecule has 4 nitrogen and oxygen atoms in total. The van der Waals surface area contributed by atoms with Crippen LogP contribution >= 0.6 is 22.9 Å². The zero-order valence-electron chi connectivity index (χ0n) is 11.7. The van der Waals surface area contributed by atoms with Crippen LogP contribution in [-0.2, 0) is 9.47 Å². The molecule has 0 bridgehead atoms. The van der Waals surface area contributed by atoms with Gasteiger partial charge in [-0.25, -0.2) is 0 Å². The number of ether oxygens (including phenoxy) is 2. The van der Waals surface area contributed by atoms with Gasteiger partial charge in [-0.3, -0.25) is 0 Å². The maximum Gasteiger partial charge on any atom is 0.0931 e. The molecule has 114 valence electrons. The monoisotopic (exact) mass is 319 g/mol. The Kier molecular flexibility index (Phi) is 6.74. The molecule has 2 N–H and O–H groups in total. The van der Waals surface area contributed by atoms with Crippen molar-refractivity contribution in [3.05, 3.63) is 21.3 Å². The molecule has 0 radical (unpaired) electrons. The van der Waals surface area contributed by atoms with Crippen LogP contribution in [0.4, 0.5) is 0 Å². The number of thiophene rings is 1. The van der Waals surface area contributed by atoms with E-state index in [2.05, 4.69) is 12.2 Å². The lowest BCUT2D eigenvalue weighted by atomic mass is 10.2. The predicted molar refractivity (Wildman–Crippen MR) is 81.5 cm³/mol. The molecule has 20 heavy (non-hydrogen) atoms. The molecule has 1 aliphatic heterocycles. The van der Waals surface area contributed by atoms with Crippen molar-refractivity contribution in [2.75, 3.05) is 26.4 Å². The van der Waals surface area contributed by atoms with E-state index in [9.17, 15) is 5.11 Å². The molecule has 1 aliphatic rings. The fraction of sp³-hybridized carbons (Fsp3) is 0.714. The van der Waals surface area contributed by atoms with Crippen LogP contribution in [0.5, 0.6) is 0 Å². The molecule has 0 aromatic carbocycles. The normalized spacial score (nSPS) is 22.1. The summed E-state index contributed by atoms with van der Waals surface area (Å²) in [5, 5.41) is 13.2. The van der Waals surface area contributed by atoms with E-state index in [0.29, 0.717) is 19.8 Å². The first-order valence-corrected chi connectivity index (χ1v) is 8.20. The summed E-state index contributed by atoms with van der Waals surface area (Å²) in [5.74, 6) is 0. The minimum absolute atomic E-state index is 0.181. The zero-order chi connectivity index (χ0) is 14.4. The van der Waals surface area contributed by atoms with Crippen molar-refractivity contribution in [2.45, 2.75) is 38.0 Å². The van der Waals surface area contributed by atoms with Crippen LogP contribution in [0.25, 0.3) is 0 Å². The van der Waals surface area contributed by atoms with Crippen LogP contribution in [0.15, 0.2) is 12.1 Å². The first-order chi connectivity index (χ1) is 9.65. The van der Waals surface area contributed by atoms with E-state index in [4.69, 9.17) is 21.1 Å². The molecule has 0 aliphatic carbocycles. The number of aliphatic hydroxyl groups excluding tert-OH is 1. The van der Waals surface area contributed by atoms with Gasteiger partial charge in [0, 0.05) is 24.1 Å². The maximum atomic E-state index is 9.87. The van der Waals surface area contributed by atoms with Crippen molar-refractivity contribution < 1.29 is 14.6 Å². The van der Waals surface area contributed by atoms with E-state index in [1.165, 1.54) is 4.88 Å². The molecule has 2 rings (SSSR count). The molecule has 1 aromatic heterocycles. The molecule has 1 aromatic rings. The fourth-order valence-corrected chi connectivity index (χ4v) is 3.23. The lowest BCUT2D eigenvalue weighted by Gasteiger charge is -2.17. The molecule has 2 heterocycles. The van der Waals surface area contributed by atoms with Crippen LogP contribution in [-0.4, -0.2) is 43.7 Å². The van der Waals surface area contributed by atoms with Gasteiger partial charge in [-0.15, -0.1) is 11.3 Å². The molecule has 0 saturated carbocycles. The summed E-state index contributed by atoms with van der Waals surface area (Å²) in [5.41, 5.74) is 0. The number of nitrogens with one attached hydrogen (secondary N) is 1. The Morgan fingerprint density at radius 2 is 2.45 bits per heavy atom. The van der Waals surface area contributed by atoms with E-state index in [1.807, 2.05) is 12.1 Å². The number of aliphatic hydroxyl groups is 1. The van der Waals surface area contributed by atoms with Crippen LogP contribution in [0.3, 0.4) is 0 Å². The Balaban J connectivity index is 1.58. The molecule has 6 heteroatoms. The third-order valence-corrected chi connectivity index (χ3v) is 4.73. The molecule has 0 spiro atoms. The summed E-state index contributed by atoms with van der Waals surface area (Å²) in [6.07, 6.45) is 1.88. The summed E-state index contributed by atoms with van der Waals surface area (Å²) < 4.78 is 11.7. The summed E-state index contributed by atoms with van der Waals surface area (Å²) in [6.45, 7) is 4.31. The maximum absolute atomic E-state index is 9.87. The van der Waals surface area contributed by atoms with Crippen molar-refractivity contribution in [2.24, 2.45) is 0 Å².